The van der Waals surface area contributed by atoms with Crippen LogP contribution in [0.1, 0.15) is 0 Å². The summed E-state index contributed by atoms with van der Waals surface area (Å²) in [6.45, 7) is 1.61. The van der Waals surface area contributed by atoms with Gasteiger partial charge in [0.1, 0.15) is 12.1 Å². The Kier molecular flexibility index (Phi) is 2.46. The Hall–Kier alpha value is -2.40. The quantitative estimate of drug-likeness (QED) is 0.703. The van der Waals surface area contributed by atoms with Gasteiger partial charge in [-0.1, -0.05) is 0 Å². The van der Waals surface area contributed by atoms with Crippen molar-refractivity contribution in [3.63, 3.8) is 0 Å². The number of aromatic nitrogens is 4. The van der Waals surface area contributed by atoms with Crippen LogP contribution in [-0.4, -0.2) is 45.4 Å². The largest absolute Gasteiger partial charge is 0.360 e. The molecular formula is C10H10N6O2. The molecule has 1 unspecified atom stereocenters. The molecule has 1 aliphatic rings. The molecule has 0 saturated carbocycles. The summed E-state index contributed by atoms with van der Waals surface area (Å²) in [5.74, 6) is 0.685. The lowest BCUT2D eigenvalue weighted by atomic mass is 10.3. The number of hydrogen-bond donors (Lipinski definition) is 1. The van der Waals surface area contributed by atoms with Crippen LogP contribution in [0, 0.1) is 11.3 Å². The third kappa shape index (κ3) is 1.70. The van der Waals surface area contributed by atoms with Crippen molar-refractivity contribution in [1.82, 2.24) is 19.6 Å². The molecule has 0 spiro atoms. The first-order valence-electron chi connectivity index (χ1n) is 5.47. The Morgan fingerprint density at radius 2 is 2.50 bits per heavy atom. The number of anilines is 1. The Balaban J connectivity index is 1.94. The highest BCUT2D eigenvalue weighted by Gasteiger charge is 2.21. The van der Waals surface area contributed by atoms with E-state index in [0.717, 1.165) is 0 Å². The van der Waals surface area contributed by atoms with E-state index in [4.69, 9.17) is 10.00 Å². The molecule has 1 fully saturated rings. The van der Waals surface area contributed by atoms with E-state index in [9.17, 15) is 4.79 Å². The molecule has 8 heteroatoms. The molecule has 0 amide bonds. The van der Waals surface area contributed by atoms with E-state index in [1.165, 1.54) is 10.7 Å². The number of morpholine rings is 1. The second-order valence-electron chi connectivity index (χ2n) is 3.94. The van der Waals surface area contributed by atoms with Crippen LogP contribution in [0.15, 0.2) is 17.2 Å². The lowest BCUT2D eigenvalue weighted by molar-refractivity contribution is 0.0761. The van der Waals surface area contributed by atoms with Crippen molar-refractivity contribution in [1.29, 1.82) is 5.26 Å². The van der Waals surface area contributed by atoms with Crippen LogP contribution in [0.2, 0.25) is 0 Å². The second kappa shape index (κ2) is 4.12. The molecule has 0 aliphatic carbocycles. The molecule has 3 heterocycles. The molecule has 1 atom stereocenters. The van der Waals surface area contributed by atoms with Gasteiger partial charge < -0.3 is 9.64 Å². The van der Waals surface area contributed by atoms with E-state index in [0.29, 0.717) is 31.2 Å². The van der Waals surface area contributed by atoms with Gasteiger partial charge in [-0.05, 0) is 0 Å². The number of aromatic amines is 1. The highest BCUT2D eigenvalue weighted by atomic mass is 16.5. The Morgan fingerprint density at radius 3 is 3.33 bits per heavy atom. The zero-order chi connectivity index (χ0) is 12.5. The zero-order valence-corrected chi connectivity index (χ0v) is 9.41. The maximum atomic E-state index is 11.3. The van der Waals surface area contributed by atoms with Crippen LogP contribution in [0.5, 0.6) is 0 Å². The first kappa shape index (κ1) is 10.7. The van der Waals surface area contributed by atoms with Crippen molar-refractivity contribution in [2.75, 3.05) is 24.6 Å². The summed E-state index contributed by atoms with van der Waals surface area (Å²) in [4.78, 5) is 17.4. The fourth-order valence-electron chi connectivity index (χ4n) is 1.91. The molecule has 1 N–H and O–H groups in total. The second-order valence-corrected chi connectivity index (χ2v) is 3.94. The Morgan fingerprint density at radius 1 is 1.61 bits per heavy atom. The van der Waals surface area contributed by atoms with E-state index in [1.807, 2.05) is 4.90 Å². The molecule has 0 aromatic carbocycles. The number of nitrogens with zero attached hydrogens (tertiary/aromatic N) is 5. The predicted molar refractivity (Wildman–Crippen MR) is 61.2 cm³/mol. The molecule has 1 saturated heterocycles. The standard InChI is InChI=1S/C10H10N6O2/c11-4-7-5-15(1-2-18-7)8-3-9-13-14-10(17)16(9)6-12-8/h3,6-7H,1-2,5H2,(H,14,17). The molecule has 0 bridgehead atoms. The number of fused-ring (bicyclic) bond motifs is 1. The molecule has 1 aliphatic heterocycles. The number of hydrogen-bond acceptors (Lipinski definition) is 6. The molecule has 0 radical (unpaired) electrons. The lowest BCUT2D eigenvalue weighted by Crippen LogP contribution is -2.42. The minimum absolute atomic E-state index is 0.319. The highest BCUT2D eigenvalue weighted by molar-refractivity contribution is 5.50. The molecule has 92 valence electrons. The number of nitrogens with one attached hydrogen (secondary N) is 1. The number of H-pyrrole nitrogens is 1. The van der Waals surface area contributed by atoms with Crippen molar-refractivity contribution in [3.8, 4) is 6.07 Å². The van der Waals surface area contributed by atoms with E-state index in [2.05, 4.69) is 21.3 Å². The van der Waals surface area contributed by atoms with Gasteiger partial charge in [-0.15, -0.1) is 0 Å². The minimum Gasteiger partial charge on any atom is -0.360 e. The van der Waals surface area contributed by atoms with E-state index in [-0.39, 0.29) is 5.69 Å². The van der Waals surface area contributed by atoms with Gasteiger partial charge in [-0.2, -0.15) is 10.4 Å². The Bertz CT molecular complexity index is 669. The normalized spacial score (nSPS) is 19.9. The van der Waals surface area contributed by atoms with Gasteiger partial charge in [0, 0.05) is 12.6 Å². The first-order valence-corrected chi connectivity index (χ1v) is 5.47. The zero-order valence-electron chi connectivity index (χ0n) is 9.41. The van der Waals surface area contributed by atoms with Crippen LogP contribution >= 0.6 is 0 Å². The number of rotatable bonds is 1. The summed E-state index contributed by atoms with van der Waals surface area (Å²) in [5, 5.41) is 15.1. The van der Waals surface area contributed by atoms with E-state index >= 15 is 0 Å². The smallest absolute Gasteiger partial charge is 0.348 e. The SMILES string of the molecule is N#CC1CN(c2cc3n[nH]c(=O)n3cn2)CCO1. The average Bonchev–Trinajstić information content (AvgIpc) is 2.80. The average molecular weight is 246 g/mol. The summed E-state index contributed by atoms with van der Waals surface area (Å²) in [5.41, 5.74) is 0.186. The van der Waals surface area contributed by atoms with Crippen LogP contribution < -0.4 is 10.6 Å². The van der Waals surface area contributed by atoms with Crippen molar-refractivity contribution >= 4 is 11.5 Å². The van der Waals surface area contributed by atoms with Crippen molar-refractivity contribution < 1.29 is 4.74 Å². The summed E-state index contributed by atoms with van der Waals surface area (Å²) in [6, 6.07) is 3.78. The minimum atomic E-state index is -0.446. The van der Waals surface area contributed by atoms with Crippen molar-refractivity contribution in [2.24, 2.45) is 0 Å². The fourth-order valence-corrected chi connectivity index (χ4v) is 1.91. The molecule has 2 aromatic heterocycles. The van der Waals surface area contributed by atoms with Gasteiger partial charge in [-0.25, -0.2) is 19.3 Å². The van der Waals surface area contributed by atoms with Crippen LogP contribution in [0.3, 0.4) is 0 Å². The van der Waals surface area contributed by atoms with Gasteiger partial charge in [-0.3, -0.25) is 0 Å². The lowest BCUT2D eigenvalue weighted by Gasteiger charge is -2.30. The molecule has 18 heavy (non-hydrogen) atoms. The van der Waals surface area contributed by atoms with Crippen LogP contribution in [-0.2, 0) is 4.74 Å². The third-order valence-electron chi connectivity index (χ3n) is 2.83. The maximum absolute atomic E-state index is 11.3. The van der Waals surface area contributed by atoms with Crippen LogP contribution in [0.25, 0.3) is 5.65 Å². The van der Waals surface area contributed by atoms with Gasteiger partial charge >= 0.3 is 5.69 Å². The number of nitriles is 1. The highest BCUT2D eigenvalue weighted by Crippen LogP contribution is 2.15. The van der Waals surface area contributed by atoms with E-state index in [1.54, 1.807) is 6.07 Å². The maximum Gasteiger partial charge on any atom is 0.348 e. The fraction of sp³-hybridized carbons (Fsp3) is 0.400. The Labute approximate surface area is 101 Å². The predicted octanol–water partition coefficient (Wildman–Crippen LogP) is -0.854. The third-order valence-corrected chi connectivity index (χ3v) is 2.83. The van der Waals surface area contributed by atoms with Gasteiger partial charge in [0.25, 0.3) is 0 Å². The van der Waals surface area contributed by atoms with E-state index < -0.39 is 6.10 Å². The summed E-state index contributed by atoms with van der Waals surface area (Å²) < 4.78 is 6.59. The molecule has 8 nitrogen and oxygen atoms in total. The van der Waals surface area contributed by atoms with Crippen molar-refractivity contribution in [3.05, 3.63) is 22.9 Å². The topological polar surface area (TPSA) is 99.3 Å². The summed E-state index contributed by atoms with van der Waals surface area (Å²) in [7, 11) is 0. The number of ether oxygens (including phenoxy) is 1. The molecular weight excluding hydrogens is 236 g/mol. The van der Waals surface area contributed by atoms with Crippen molar-refractivity contribution in [2.45, 2.75) is 6.10 Å². The monoisotopic (exact) mass is 246 g/mol. The molecule has 2 aromatic rings. The van der Waals surface area contributed by atoms with Gasteiger partial charge in [0.2, 0.25) is 0 Å². The first-order chi connectivity index (χ1) is 8.78. The summed E-state index contributed by atoms with van der Waals surface area (Å²) >= 11 is 0. The van der Waals surface area contributed by atoms with Gasteiger partial charge in [0.15, 0.2) is 11.8 Å². The van der Waals surface area contributed by atoms with Crippen LogP contribution in [0.4, 0.5) is 5.82 Å². The molecule has 3 rings (SSSR count). The summed E-state index contributed by atoms with van der Waals surface area (Å²) in [6.07, 6.45) is 0.978. The van der Waals surface area contributed by atoms with Gasteiger partial charge in [0.05, 0.1) is 19.2 Å².